The maximum Gasteiger partial charge on any atom is 0.322 e. The van der Waals surface area contributed by atoms with Gasteiger partial charge in [0.2, 0.25) is 0 Å². The van der Waals surface area contributed by atoms with Crippen LogP contribution >= 0.6 is 11.8 Å². The van der Waals surface area contributed by atoms with Gasteiger partial charge in [-0.05, 0) is 19.1 Å². The number of methoxy groups -OCH3 is 2. The van der Waals surface area contributed by atoms with Crippen LogP contribution in [0.15, 0.2) is 12.3 Å². The lowest BCUT2D eigenvalue weighted by atomic mass is 10.2. The number of rotatable bonds is 9. The van der Waals surface area contributed by atoms with Crippen LogP contribution in [0.5, 0.6) is 11.5 Å². The Bertz CT molecular complexity index is 457. The SMILES string of the molecule is CCOC(=O)C(N)CCSCc1nccc(OC)c1OC. The van der Waals surface area contributed by atoms with E-state index in [1.807, 2.05) is 0 Å². The number of nitrogens with two attached hydrogens (primary N) is 1. The Morgan fingerprint density at radius 2 is 2.19 bits per heavy atom. The third-order valence-corrected chi connectivity index (χ3v) is 3.77. The highest BCUT2D eigenvalue weighted by atomic mass is 32.2. The van der Waals surface area contributed by atoms with Gasteiger partial charge in [0.05, 0.1) is 26.5 Å². The third kappa shape index (κ3) is 5.43. The molecule has 6 nitrogen and oxygen atoms in total. The Balaban J connectivity index is 2.44. The van der Waals surface area contributed by atoms with Gasteiger partial charge in [0.1, 0.15) is 6.04 Å². The Kier molecular flexibility index (Phi) is 7.92. The topological polar surface area (TPSA) is 83.7 Å². The maximum atomic E-state index is 11.4. The number of aromatic nitrogens is 1. The summed E-state index contributed by atoms with van der Waals surface area (Å²) in [6.07, 6.45) is 2.25. The molecule has 1 aromatic heterocycles. The molecule has 0 aromatic carbocycles. The van der Waals surface area contributed by atoms with E-state index in [9.17, 15) is 4.79 Å². The van der Waals surface area contributed by atoms with Crippen LogP contribution in [0.25, 0.3) is 0 Å². The molecule has 21 heavy (non-hydrogen) atoms. The van der Waals surface area contributed by atoms with Gasteiger partial charge in [-0.3, -0.25) is 9.78 Å². The summed E-state index contributed by atoms with van der Waals surface area (Å²) in [7, 11) is 3.18. The number of hydrogen-bond acceptors (Lipinski definition) is 7. The number of esters is 1. The molecule has 1 rings (SSSR count). The Labute approximate surface area is 129 Å². The first-order valence-corrected chi connectivity index (χ1v) is 7.85. The molecule has 1 aromatic rings. The van der Waals surface area contributed by atoms with Crippen LogP contribution in [0.3, 0.4) is 0 Å². The summed E-state index contributed by atoms with van der Waals surface area (Å²) in [5.74, 6) is 2.35. The van der Waals surface area contributed by atoms with Gasteiger partial charge in [-0.15, -0.1) is 0 Å². The van der Waals surface area contributed by atoms with Gasteiger partial charge in [0, 0.05) is 18.0 Å². The second kappa shape index (κ2) is 9.46. The molecule has 2 N–H and O–H groups in total. The molecule has 118 valence electrons. The predicted octanol–water partition coefficient (Wildman–Crippen LogP) is 1.61. The van der Waals surface area contributed by atoms with Crippen molar-refractivity contribution in [2.24, 2.45) is 5.73 Å². The quantitative estimate of drug-likeness (QED) is 0.547. The van der Waals surface area contributed by atoms with Crippen molar-refractivity contribution in [3.05, 3.63) is 18.0 Å². The molecule has 0 fully saturated rings. The van der Waals surface area contributed by atoms with Crippen LogP contribution in [-0.4, -0.2) is 43.6 Å². The minimum Gasteiger partial charge on any atom is -0.493 e. The molecule has 0 aliphatic rings. The van der Waals surface area contributed by atoms with Gasteiger partial charge in [-0.1, -0.05) is 0 Å². The van der Waals surface area contributed by atoms with Crippen molar-refractivity contribution in [3.8, 4) is 11.5 Å². The van der Waals surface area contributed by atoms with Crippen molar-refractivity contribution in [2.45, 2.75) is 25.1 Å². The molecule has 0 saturated heterocycles. The normalized spacial score (nSPS) is 11.8. The summed E-state index contributed by atoms with van der Waals surface area (Å²) in [6.45, 7) is 2.12. The minimum atomic E-state index is -0.572. The maximum absolute atomic E-state index is 11.4. The lowest BCUT2D eigenvalue weighted by molar-refractivity contribution is -0.144. The number of hydrogen-bond donors (Lipinski definition) is 1. The van der Waals surface area contributed by atoms with Gasteiger partial charge >= 0.3 is 5.97 Å². The smallest absolute Gasteiger partial charge is 0.322 e. The third-order valence-electron chi connectivity index (χ3n) is 2.77. The van der Waals surface area contributed by atoms with Crippen molar-refractivity contribution in [1.29, 1.82) is 0 Å². The van der Waals surface area contributed by atoms with Crippen LogP contribution in [0.4, 0.5) is 0 Å². The Morgan fingerprint density at radius 3 is 2.81 bits per heavy atom. The molecule has 1 unspecified atom stereocenters. The van der Waals surface area contributed by atoms with Crippen molar-refractivity contribution >= 4 is 17.7 Å². The van der Waals surface area contributed by atoms with Crippen LogP contribution in [0, 0.1) is 0 Å². The van der Waals surface area contributed by atoms with Gasteiger partial charge in [-0.25, -0.2) is 0 Å². The van der Waals surface area contributed by atoms with E-state index in [0.717, 1.165) is 11.4 Å². The highest BCUT2D eigenvalue weighted by Crippen LogP contribution is 2.31. The first-order chi connectivity index (χ1) is 10.1. The van der Waals surface area contributed by atoms with Crippen molar-refractivity contribution in [1.82, 2.24) is 4.98 Å². The largest absolute Gasteiger partial charge is 0.493 e. The molecule has 0 bridgehead atoms. The lowest BCUT2D eigenvalue weighted by Crippen LogP contribution is -2.32. The highest BCUT2D eigenvalue weighted by Gasteiger charge is 2.15. The second-order valence-electron chi connectivity index (χ2n) is 4.19. The van der Waals surface area contributed by atoms with E-state index < -0.39 is 6.04 Å². The van der Waals surface area contributed by atoms with Crippen molar-refractivity contribution < 1.29 is 19.0 Å². The molecular weight excluding hydrogens is 292 g/mol. The molecule has 0 aliphatic heterocycles. The van der Waals surface area contributed by atoms with Crippen molar-refractivity contribution in [3.63, 3.8) is 0 Å². The number of pyridine rings is 1. The number of ether oxygens (including phenoxy) is 3. The fourth-order valence-corrected chi connectivity index (χ4v) is 2.66. The second-order valence-corrected chi connectivity index (χ2v) is 5.30. The first-order valence-electron chi connectivity index (χ1n) is 6.69. The fraction of sp³-hybridized carbons (Fsp3) is 0.571. The molecule has 0 spiro atoms. The molecule has 0 saturated carbocycles. The fourth-order valence-electron chi connectivity index (χ4n) is 1.70. The monoisotopic (exact) mass is 314 g/mol. The number of nitrogens with zero attached hydrogens (tertiary/aromatic N) is 1. The number of thioether (sulfide) groups is 1. The van der Waals surface area contributed by atoms with E-state index in [1.54, 1.807) is 45.2 Å². The lowest BCUT2D eigenvalue weighted by Gasteiger charge is -2.12. The highest BCUT2D eigenvalue weighted by molar-refractivity contribution is 7.98. The van der Waals surface area contributed by atoms with E-state index >= 15 is 0 Å². The van der Waals surface area contributed by atoms with E-state index in [4.69, 9.17) is 19.9 Å². The predicted molar refractivity (Wildman–Crippen MR) is 82.7 cm³/mol. The van der Waals surface area contributed by atoms with E-state index in [-0.39, 0.29) is 5.97 Å². The van der Waals surface area contributed by atoms with Crippen LogP contribution in [0.1, 0.15) is 19.0 Å². The van der Waals surface area contributed by atoms with Gasteiger partial charge in [0.15, 0.2) is 11.5 Å². The van der Waals surface area contributed by atoms with E-state index in [2.05, 4.69) is 4.98 Å². The minimum absolute atomic E-state index is 0.352. The summed E-state index contributed by atoms with van der Waals surface area (Å²) < 4.78 is 15.4. The van der Waals surface area contributed by atoms with E-state index in [1.165, 1.54) is 0 Å². The molecule has 1 heterocycles. The van der Waals surface area contributed by atoms with Crippen molar-refractivity contribution in [2.75, 3.05) is 26.6 Å². The number of carbonyl (C=O) groups is 1. The zero-order valence-electron chi connectivity index (χ0n) is 12.6. The summed E-state index contributed by atoms with van der Waals surface area (Å²) in [4.78, 5) is 15.7. The van der Waals surface area contributed by atoms with Crippen LogP contribution in [-0.2, 0) is 15.3 Å². The van der Waals surface area contributed by atoms with Gasteiger partial charge < -0.3 is 19.9 Å². The molecular formula is C14H22N2O4S. The van der Waals surface area contributed by atoms with Crippen LogP contribution in [0.2, 0.25) is 0 Å². The van der Waals surface area contributed by atoms with Gasteiger partial charge in [-0.2, -0.15) is 11.8 Å². The Hall–Kier alpha value is -1.47. The first kappa shape index (κ1) is 17.6. The Morgan fingerprint density at radius 1 is 1.43 bits per heavy atom. The molecule has 0 amide bonds. The van der Waals surface area contributed by atoms with E-state index in [0.29, 0.717) is 30.3 Å². The zero-order valence-corrected chi connectivity index (χ0v) is 13.4. The summed E-state index contributed by atoms with van der Waals surface area (Å²) in [5.41, 5.74) is 6.55. The molecule has 0 aliphatic carbocycles. The summed E-state index contributed by atoms with van der Waals surface area (Å²) in [5, 5.41) is 0. The average molecular weight is 314 g/mol. The standard InChI is InChI=1S/C14H22N2O4S/c1-4-20-14(17)10(15)6-8-21-9-11-13(19-3)12(18-2)5-7-16-11/h5,7,10H,4,6,8-9,15H2,1-3H3. The number of carbonyl (C=O) groups excluding carboxylic acids is 1. The van der Waals surface area contributed by atoms with Crippen LogP contribution < -0.4 is 15.2 Å². The molecule has 1 atom stereocenters. The molecule has 0 radical (unpaired) electrons. The van der Waals surface area contributed by atoms with Gasteiger partial charge in [0.25, 0.3) is 0 Å². The average Bonchev–Trinajstić information content (AvgIpc) is 2.50. The summed E-state index contributed by atoms with van der Waals surface area (Å²) in [6, 6.07) is 1.18. The zero-order chi connectivity index (χ0) is 15.7. The summed E-state index contributed by atoms with van der Waals surface area (Å²) >= 11 is 1.63. The molecule has 7 heteroatoms.